The van der Waals surface area contributed by atoms with Gasteiger partial charge >= 0.3 is 0 Å². The van der Waals surface area contributed by atoms with Crippen LogP contribution in [0.25, 0.3) is 0 Å². The third-order valence-electron chi connectivity index (χ3n) is 4.00. The SMILES string of the molecule is CS(=O)(=O)C1CCCC(C(O)c2cc(F)ccc2F)C1. The van der Waals surface area contributed by atoms with Crippen LogP contribution in [0.1, 0.15) is 37.4 Å². The molecule has 1 aromatic rings. The van der Waals surface area contributed by atoms with Gasteiger partial charge in [0.25, 0.3) is 0 Å². The van der Waals surface area contributed by atoms with Gasteiger partial charge in [-0.15, -0.1) is 0 Å². The van der Waals surface area contributed by atoms with Gasteiger partial charge in [-0.05, 0) is 43.4 Å². The van der Waals surface area contributed by atoms with Crippen LogP contribution in [0.5, 0.6) is 0 Å². The second-order valence-electron chi connectivity index (χ2n) is 5.49. The van der Waals surface area contributed by atoms with Crippen molar-refractivity contribution in [1.29, 1.82) is 0 Å². The zero-order chi connectivity index (χ0) is 14.9. The molecule has 1 fully saturated rings. The van der Waals surface area contributed by atoms with Crippen molar-refractivity contribution in [2.45, 2.75) is 37.0 Å². The molecule has 0 spiro atoms. The van der Waals surface area contributed by atoms with Crippen LogP contribution < -0.4 is 0 Å². The molecule has 1 N–H and O–H groups in total. The molecule has 0 aromatic heterocycles. The van der Waals surface area contributed by atoms with Gasteiger partial charge in [-0.2, -0.15) is 0 Å². The van der Waals surface area contributed by atoms with E-state index in [9.17, 15) is 22.3 Å². The molecule has 1 aliphatic rings. The van der Waals surface area contributed by atoms with Crippen molar-refractivity contribution in [3.8, 4) is 0 Å². The Morgan fingerprint density at radius 2 is 2.00 bits per heavy atom. The molecule has 1 aromatic carbocycles. The van der Waals surface area contributed by atoms with Crippen molar-refractivity contribution in [2.24, 2.45) is 5.92 Å². The summed E-state index contributed by atoms with van der Waals surface area (Å²) in [6, 6.07) is 2.94. The second-order valence-corrected chi connectivity index (χ2v) is 7.81. The van der Waals surface area contributed by atoms with Gasteiger partial charge in [-0.25, -0.2) is 17.2 Å². The molecule has 3 atom stereocenters. The quantitative estimate of drug-likeness (QED) is 0.934. The van der Waals surface area contributed by atoms with Gasteiger partial charge in [0.2, 0.25) is 0 Å². The molecule has 20 heavy (non-hydrogen) atoms. The first-order chi connectivity index (χ1) is 9.29. The van der Waals surface area contributed by atoms with Crippen LogP contribution in [0.15, 0.2) is 18.2 Å². The van der Waals surface area contributed by atoms with E-state index >= 15 is 0 Å². The molecular weight excluding hydrogens is 286 g/mol. The van der Waals surface area contributed by atoms with E-state index in [0.717, 1.165) is 18.2 Å². The minimum absolute atomic E-state index is 0.0934. The van der Waals surface area contributed by atoms with E-state index in [1.165, 1.54) is 6.26 Å². The third-order valence-corrected chi connectivity index (χ3v) is 5.63. The zero-order valence-electron chi connectivity index (χ0n) is 11.2. The summed E-state index contributed by atoms with van der Waals surface area (Å²) in [6.07, 6.45) is 2.13. The van der Waals surface area contributed by atoms with Crippen LogP contribution in [0.3, 0.4) is 0 Å². The molecule has 1 aliphatic carbocycles. The standard InChI is InChI=1S/C14H18F2O3S/c1-20(18,19)11-4-2-3-9(7-11)14(17)12-8-10(15)5-6-13(12)16/h5-6,8-9,11,14,17H,2-4,7H2,1H3. The van der Waals surface area contributed by atoms with Gasteiger partial charge in [0.15, 0.2) is 0 Å². The summed E-state index contributed by atoms with van der Waals surface area (Å²) in [7, 11) is -3.17. The van der Waals surface area contributed by atoms with Gasteiger partial charge in [0.05, 0.1) is 11.4 Å². The Hall–Kier alpha value is -1.01. The first-order valence-corrected chi connectivity index (χ1v) is 8.56. The topological polar surface area (TPSA) is 54.4 Å². The highest BCUT2D eigenvalue weighted by atomic mass is 32.2. The van der Waals surface area contributed by atoms with Gasteiger partial charge in [0.1, 0.15) is 21.5 Å². The van der Waals surface area contributed by atoms with Gasteiger partial charge in [0, 0.05) is 11.8 Å². The summed E-state index contributed by atoms with van der Waals surface area (Å²) in [5, 5.41) is 9.73. The molecule has 3 nitrogen and oxygen atoms in total. The molecule has 6 heteroatoms. The van der Waals surface area contributed by atoms with Crippen LogP contribution in [0.2, 0.25) is 0 Å². The lowest BCUT2D eigenvalue weighted by atomic mass is 9.82. The Morgan fingerprint density at radius 3 is 2.65 bits per heavy atom. The predicted molar refractivity (Wildman–Crippen MR) is 71.9 cm³/mol. The Kier molecular flexibility index (Phi) is 4.44. The van der Waals surface area contributed by atoms with Crippen molar-refractivity contribution < 1.29 is 22.3 Å². The summed E-state index contributed by atoms with van der Waals surface area (Å²) < 4.78 is 50.0. The summed E-state index contributed by atoms with van der Waals surface area (Å²) in [5.41, 5.74) is -0.0934. The minimum Gasteiger partial charge on any atom is -0.388 e. The fourth-order valence-corrected chi connectivity index (χ4v) is 4.04. The molecule has 0 amide bonds. The van der Waals surface area contributed by atoms with E-state index in [2.05, 4.69) is 0 Å². The van der Waals surface area contributed by atoms with Gasteiger partial charge in [-0.1, -0.05) is 6.42 Å². The molecular formula is C14H18F2O3S. The fraction of sp³-hybridized carbons (Fsp3) is 0.571. The summed E-state index contributed by atoms with van der Waals surface area (Å²) in [5.74, 6) is -1.64. The Bertz CT molecular complexity index is 586. The predicted octanol–water partition coefficient (Wildman–Crippen LogP) is 2.60. The number of aliphatic hydroxyl groups excluding tert-OH is 1. The average Bonchev–Trinajstić information content (AvgIpc) is 2.40. The summed E-state index contributed by atoms with van der Waals surface area (Å²) in [6.45, 7) is 0. The molecule has 0 saturated heterocycles. The summed E-state index contributed by atoms with van der Waals surface area (Å²) >= 11 is 0. The molecule has 0 radical (unpaired) electrons. The first-order valence-electron chi connectivity index (χ1n) is 6.61. The number of hydrogen-bond donors (Lipinski definition) is 1. The molecule has 2 rings (SSSR count). The number of sulfone groups is 1. The van der Waals surface area contributed by atoms with Gasteiger partial charge in [-0.3, -0.25) is 0 Å². The molecule has 0 bridgehead atoms. The number of rotatable bonds is 3. The lowest BCUT2D eigenvalue weighted by Crippen LogP contribution is -2.30. The molecule has 3 unspecified atom stereocenters. The number of hydrogen-bond acceptors (Lipinski definition) is 3. The van der Waals surface area contributed by atoms with E-state index in [1.54, 1.807) is 0 Å². The Morgan fingerprint density at radius 1 is 1.30 bits per heavy atom. The minimum atomic E-state index is -3.17. The maximum absolute atomic E-state index is 13.7. The van der Waals surface area contributed by atoms with Crippen LogP contribution >= 0.6 is 0 Å². The van der Waals surface area contributed by atoms with Crippen molar-refractivity contribution in [3.63, 3.8) is 0 Å². The number of benzene rings is 1. The van der Waals surface area contributed by atoms with E-state index in [4.69, 9.17) is 0 Å². The average molecular weight is 304 g/mol. The van der Waals surface area contributed by atoms with Crippen molar-refractivity contribution in [3.05, 3.63) is 35.4 Å². The van der Waals surface area contributed by atoms with Crippen LogP contribution in [-0.2, 0) is 9.84 Å². The van der Waals surface area contributed by atoms with E-state index in [1.807, 2.05) is 0 Å². The lowest BCUT2D eigenvalue weighted by Gasteiger charge is -2.31. The number of halogens is 2. The maximum atomic E-state index is 13.7. The monoisotopic (exact) mass is 304 g/mol. The molecule has 0 heterocycles. The van der Waals surface area contributed by atoms with Crippen molar-refractivity contribution in [2.75, 3.05) is 6.26 Å². The number of aliphatic hydroxyl groups is 1. The Labute approximate surface area is 117 Å². The fourth-order valence-electron chi connectivity index (χ4n) is 2.85. The maximum Gasteiger partial charge on any atom is 0.150 e. The second kappa shape index (κ2) is 5.77. The highest BCUT2D eigenvalue weighted by Crippen LogP contribution is 2.37. The van der Waals surface area contributed by atoms with Crippen molar-refractivity contribution >= 4 is 9.84 Å². The highest BCUT2D eigenvalue weighted by Gasteiger charge is 2.33. The van der Waals surface area contributed by atoms with E-state index < -0.39 is 32.8 Å². The summed E-state index contributed by atoms with van der Waals surface area (Å²) in [4.78, 5) is 0. The lowest BCUT2D eigenvalue weighted by molar-refractivity contribution is 0.0821. The normalized spacial score (nSPS) is 25.4. The van der Waals surface area contributed by atoms with Crippen molar-refractivity contribution in [1.82, 2.24) is 0 Å². The molecule has 1 saturated carbocycles. The van der Waals surface area contributed by atoms with E-state index in [0.29, 0.717) is 19.3 Å². The van der Waals surface area contributed by atoms with Gasteiger partial charge < -0.3 is 5.11 Å². The van der Waals surface area contributed by atoms with Crippen LogP contribution in [-0.4, -0.2) is 25.0 Å². The zero-order valence-corrected chi connectivity index (χ0v) is 12.0. The first kappa shape index (κ1) is 15.4. The molecule has 0 aliphatic heterocycles. The van der Waals surface area contributed by atoms with Crippen LogP contribution in [0, 0.1) is 17.6 Å². The molecule has 112 valence electrons. The Balaban J connectivity index is 2.20. The third kappa shape index (κ3) is 3.35. The smallest absolute Gasteiger partial charge is 0.150 e. The largest absolute Gasteiger partial charge is 0.388 e. The van der Waals surface area contributed by atoms with Crippen LogP contribution in [0.4, 0.5) is 8.78 Å². The highest BCUT2D eigenvalue weighted by molar-refractivity contribution is 7.91. The van der Waals surface area contributed by atoms with E-state index in [-0.39, 0.29) is 17.9 Å².